The maximum atomic E-state index is 13.3. The number of amides is 1. The van der Waals surface area contributed by atoms with E-state index in [4.69, 9.17) is 0 Å². The monoisotopic (exact) mass is 415 g/mol. The zero-order valence-corrected chi connectivity index (χ0v) is 16.8. The van der Waals surface area contributed by atoms with Crippen LogP contribution in [0.4, 0.5) is 0 Å². The van der Waals surface area contributed by atoms with E-state index in [0.29, 0.717) is 13.1 Å². The van der Waals surface area contributed by atoms with Gasteiger partial charge in [-0.1, -0.05) is 12.1 Å². The number of imidazole rings is 1. The molecule has 5 aromatic rings. The van der Waals surface area contributed by atoms with Crippen LogP contribution in [0, 0.1) is 0 Å². The normalized spacial score (nSPS) is 11.5. The van der Waals surface area contributed by atoms with Crippen LogP contribution in [0.15, 0.2) is 52.7 Å². The molecule has 0 radical (unpaired) electrons. The van der Waals surface area contributed by atoms with Gasteiger partial charge in [-0.25, -0.2) is 4.98 Å². The van der Waals surface area contributed by atoms with Crippen LogP contribution in [-0.2, 0) is 13.1 Å². The van der Waals surface area contributed by atoms with Crippen LogP contribution in [0.25, 0.3) is 15.3 Å². The van der Waals surface area contributed by atoms with Crippen molar-refractivity contribution in [3.05, 3.63) is 67.3 Å². The lowest BCUT2D eigenvalue weighted by molar-refractivity contribution is 0.0738. The molecular formula is C18H13N3OS4. The molecule has 5 aromatic heterocycles. The van der Waals surface area contributed by atoms with Crippen molar-refractivity contribution in [1.82, 2.24) is 14.3 Å². The summed E-state index contributed by atoms with van der Waals surface area (Å²) >= 11 is 6.46. The van der Waals surface area contributed by atoms with Crippen molar-refractivity contribution in [2.45, 2.75) is 13.1 Å². The maximum absolute atomic E-state index is 13.3. The highest BCUT2D eigenvalue weighted by atomic mass is 32.1. The number of hydrogen-bond acceptors (Lipinski definition) is 6. The lowest BCUT2D eigenvalue weighted by Crippen LogP contribution is -2.28. The fourth-order valence-electron chi connectivity index (χ4n) is 2.89. The Bertz CT molecular complexity index is 1130. The highest BCUT2D eigenvalue weighted by Gasteiger charge is 2.21. The molecule has 5 rings (SSSR count). The molecule has 0 aromatic carbocycles. The molecule has 0 unspecified atom stereocenters. The van der Waals surface area contributed by atoms with Crippen LogP contribution in [0.3, 0.4) is 0 Å². The summed E-state index contributed by atoms with van der Waals surface area (Å²) < 4.78 is 2.05. The number of fused-ring (bicyclic) bond motifs is 3. The molecule has 0 atom stereocenters. The number of carbonyl (C=O) groups is 1. The van der Waals surface area contributed by atoms with Crippen LogP contribution in [0.1, 0.15) is 19.4 Å². The average Bonchev–Trinajstić information content (AvgIpc) is 3.40. The zero-order chi connectivity index (χ0) is 17.5. The second-order valence-corrected chi connectivity index (χ2v) is 9.76. The Morgan fingerprint density at radius 2 is 1.77 bits per heavy atom. The predicted molar refractivity (Wildman–Crippen MR) is 111 cm³/mol. The van der Waals surface area contributed by atoms with Crippen LogP contribution in [0.2, 0.25) is 0 Å². The van der Waals surface area contributed by atoms with Gasteiger partial charge in [0, 0.05) is 21.3 Å². The van der Waals surface area contributed by atoms with Crippen molar-refractivity contribution < 1.29 is 4.79 Å². The third kappa shape index (κ3) is 2.88. The van der Waals surface area contributed by atoms with E-state index in [2.05, 4.69) is 32.3 Å². The Morgan fingerprint density at radius 1 is 1.04 bits per heavy atom. The molecule has 0 N–H and O–H groups in total. The first-order valence-corrected chi connectivity index (χ1v) is 11.4. The molecule has 0 bridgehead atoms. The molecule has 0 fully saturated rings. The molecule has 5 heterocycles. The van der Waals surface area contributed by atoms with E-state index >= 15 is 0 Å². The van der Waals surface area contributed by atoms with Crippen LogP contribution < -0.4 is 0 Å². The van der Waals surface area contributed by atoms with Gasteiger partial charge in [0.2, 0.25) is 0 Å². The summed E-state index contributed by atoms with van der Waals surface area (Å²) in [5, 5.41) is 6.12. The quantitative estimate of drug-likeness (QED) is 0.376. The Kier molecular flexibility index (Phi) is 4.12. The fraction of sp³-hybridized carbons (Fsp3) is 0.111. The van der Waals surface area contributed by atoms with Crippen molar-refractivity contribution in [3.63, 3.8) is 0 Å². The van der Waals surface area contributed by atoms with Crippen molar-refractivity contribution in [1.29, 1.82) is 0 Å². The molecule has 26 heavy (non-hydrogen) atoms. The van der Waals surface area contributed by atoms with Gasteiger partial charge >= 0.3 is 0 Å². The summed E-state index contributed by atoms with van der Waals surface area (Å²) in [5.74, 6) is 0.0683. The van der Waals surface area contributed by atoms with Crippen molar-refractivity contribution >= 4 is 66.6 Å². The average molecular weight is 416 g/mol. The Hall–Kier alpha value is -2.00. The number of nitrogens with zero attached hydrogens (tertiary/aromatic N) is 3. The number of thiophene rings is 3. The SMILES string of the molecule is O=C(c1cc2c(nc3sccn32)s1)N(Cc1cccs1)Cc1cccs1. The molecule has 0 saturated carbocycles. The summed E-state index contributed by atoms with van der Waals surface area (Å²) in [6, 6.07) is 10.2. The Balaban J connectivity index is 1.49. The number of thiazole rings is 1. The van der Waals surface area contributed by atoms with E-state index < -0.39 is 0 Å². The van der Waals surface area contributed by atoms with Gasteiger partial charge in [-0.15, -0.1) is 45.3 Å². The van der Waals surface area contributed by atoms with E-state index in [1.165, 1.54) is 21.1 Å². The third-order valence-electron chi connectivity index (χ3n) is 4.09. The second-order valence-electron chi connectivity index (χ2n) is 5.79. The molecule has 0 saturated heterocycles. The topological polar surface area (TPSA) is 37.6 Å². The summed E-state index contributed by atoms with van der Waals surface area (Å²) in [4.78, 5) is 24.8. The fourth-order valence-corrected chi connectivity index (χ4v) is 6.10. The van der Waals surface area contributed by atoms with E-state index in [1.54, 1.807) is 34.0 Å². The largest absolute Gasteiger partial charge is 0.328 e. The van der Waals surface area contributed by atoms with Gasteiger partial charge in [-0.05, 0) is 29.0 Å². The zero-order valence-electron chi connectivity index (χ0n) is 13.5. The number of aromatic nitrogens is 2. The minimum atomic E-state index is 0.0683. The standard InChI is InChI=1S/C18H13N3OS4/c22-17(15-9-14-16(26-15)19-18-21(14)5-8-25-18)20(10-12-3-1-6-23-12)11-13-4-2-7-24-13/h1-9H,10-11H2. The maximum Gasteiger partial charge on any atom is 0.264 e. The number of carbonyl (C=O) groups excluding carboxylic acids is 1. The van der Waals surface area contributed by atoms with Crippen LogP contribution in [-0.4, -0.2) is 20.2 Å². The van der Waals surface area contributed by atoms with Gasteiger partial charge in [0.05, 0.1) is 23.5 Å². The molecule has 0 spiro atoms. The van der Waals surface area contributed by atoms with E-state index in [0.717, 1.165) is 20.2 Å². The summed E-state index contributed by atoms with van der Waals surface area (Å²) in [7, 11) is 0. The smallest absolute Gasteiger partial charge is 0.264 e. The van der Waals surface area contributed by atoms with Gasteiger partial charge < -0.3 is 4.90 Å². The van der Waals surface area contributed by atoms with E-state index in [-0.39, 0.29) is 5.91 Å². The second kappa shape index (κ2) is 6.62. The van der Waals surface area contributed by atoms with E-state index in [9.17, 15) is 4.79 Å². The Labute approximate surface area is 165 Å². The highest BCUT2D eigenvalue weighted by Crippen LogP contribution is 2.30. The molecule has 0 aliphatic carbocycles. The van der Waals surface area contributed by atoms with Crippen molar-refractivity contribution in [3.8, 4) is 0 Å². The molecular weight excluding hydrogens is 402 g/mol. The molecule has 4 nitrogen and oxygen atoms in total. The number of hydrogen-bond donors (Lipinski definition) is 0. The molecule has 0 aliphatic heterocycles. The number of rotatable bonds is 5. The van der Waals surface area contributed by atoms with Gasteiger partial charge in [-0.3, -0.25) is 9.20 Å². The first kappa shape index (κ1) is 16.2. The van der Waals surface area contributed by atoms with Crippen LogP contribution in [0.5, 0.6) is 0 Å². The van der Waals surface area contributed by atoms with E-state index in [1.807, 2.05) is 34.7 Å². The molecule has 130 valence electrons. The van der Waals surface area contributed by atoms with Gasteiger partial charge in [0.25, 0.3) is 5.91 Å². The van der Waals surface area contributed by atoms with Gasteiger partial charge in [0.15, 0.2) is 4.96 Å². The summed E-state index contributed by atoms with van der Waals surface area (Å²) in [6.45, 7) is 1.26. The van der Waals surface area contributed by atoms with Crippen LogP contribution >= 0.6 is 45.3 Å². The van der Waals surface area contributed by atoms with Crippen molar-refractivity contribution in [2.24, 2.45) is 0 Å². The van der Waals surface area contributed by atoms with Gasteiger partial charge in [0.1, 0.15) is 4.83 Å². The molecule has 0 aliphatic rings. The van der Waals surface area contributed by atoms with Crippen molar-refractivity contribution in [2.75, 3.05) is 0 Å². The minimum absolute atomic E-state index is 0.0683. The predicted octanol–water partition coefficient (Wildman–Crippen LogP) is 5.58. The lowest BCUT2D eigenvalue weighted by atomic mass is 10.3. The highest BCUT2D eigenvalue weighted by molar-refractivity contribution is 7.21. The lowest BCUT2D eigenvalue weighted by Gasteiger charge is -2.20. The molecule has 8 heteroatoms. The van der Waals surface area contributed by atoms with Gasteiger partial charge in [-0.2, -0.15) is 0 Å². The minimum Gasteiger partial charge on any atom is -0.328 e. The first-order chi connectivity index (χ1) is 12.8. The molecule has 1 amide bonds. The summed E-state index contributed by atoms with van der Waals surface area (Å²) in [6.07, 6.45) is 2.01. The summed E-state index contributed by atoms with van der Waals surface area (Å²) in [5.41, 5.74) is 1.02. The first-order valence-electron chi connectivity index (χ1n) is 7.97. The third-order valence-corrected chi connectivity index (χ3v) is 7.58. The Morgan fingerprint density at radius 3 is 2.42 bits per heavy atom.